The molecule has 1 N–H and O–H groups in total. The van der Waals surface area contributed by atoms with Crippen molar-refractivity contribution < 1.29 is 13.6 Å². The average molecular weight is 408 g/mol. The van der Waals surface area contributed by atoms with Gasteiger partial charge in [0.25, 0.3) is 0 Å². The molecule has 0 saturated carbocycles. The van der Waals surface area contributed by atoms with Gasteiger partial charge in [0, 0.05) is 22.5 Å². The number of aromatic nitrogens is 1. The van der Waals surface area contributed by atoms with Gasteiger partial charge >= 0.3 is 0 Å². The van der Waals surface area contributed by atoms with Crippen molar-refractivity contribution in [3.05, 3.63) is 70.1 Å². The van der Waals surface area contributed by atoms with Crippen molar-refractivity contribution in [3.63, 3.8) is 0 Å². The lowest BCUT2D eigenvalue weighted by Gasteiger charge is -2.15. The van der Waals surface area contributed by atoms with E-state index in [0.29, 0.717) is 28.0 Å². The van der Waals surface area contributed by atoms with Gasteiger partial charge < -0.3 is 5.32 Å². The number of thiazole rings is 1. The first-order valence-corrected chi connectivity index (χ1v) is 9.30. The molecule has 0 unspecified atom stereocenters. The topological polar surface area (TPSA) is 45.2 Å². The lowest BCUT2D eigenvalue weighted by Crippen LogP contribution is -2.29. The Bertz CT molecular complexity index is 964. The van der Waals surface area contributed by atoms with Crippen LogP contribution in [0.15, 0.2) is 47.8 Å². The highest BCUT2D eigenvalue weighted by Gasteiger charge is 2.12. The number of halogens is 3. The SMILES string of the molecule is CN(CC(=O)Nc1nc(-c2ccc(F)c(F)c2)cs1)Cc1cccc(Cl)c1. The van der Waals surface area contributed by atoms with Crippen LogP contribution in [-0.4, -0.2) is 29.4 Å². The fourth-order valence-corrected chi connectivity index (χ4v) is 3.47. The monoisotopic (exact) mass is 407 g/mol. The van der Waals surface area contributed by atoms with Crippen molar-refractivity contribution in [1.82, 2.24) is 9.88 Å². The Morgan fingerprint density at radius 1 is 1.22 bits per heavy atom. The van der Waals surface area contributed by atoms with Gasteiger partial charge in [0.05, 0.1) is 12.2 Å². The fraction of sp³-hybridized carbons (Fsp3) is 0.158. The molecule has 140 valence electrons. The van der Waals surface area contributed by atoms with Gasteiger partial charge in [-0.3, -0.25) is 9.69 Å². The zero-order valence-corrected chi connectivity index (χ0v) is 16.0. The summed E-state index contributed by atoms with van der Waals surface area (Å²) < 4.78 is 26.4. The molecule has 0 aliphatic rings. The fourth-order valence-electron chi connectivity index (χ4n) is 2.53. The van der Waals surface area contributed by atoms with Gasteiger partial charge in [-0.05, 0) is 42.9 Å². The van der Waals surface area contributed by atoms with Crippen LogP contribution in [0.4, 0.5) is 13.9 Å². The third-order valence-electron chi connectivity index (χ3n) is 3.72. The summed E-state index contributed by atoms with van der Waals surface area (Å²) in [5.74, 6) is -2.07. The lowest BCUT2D eigenvalue weighted by atomic mass is 10.2. The van der Waals surface area contributed by atoms with Gasteiger partial charge in [-0.1, -0.05) is 23.7 Å². The molecule has 1 heterocycles. The maximum absolute atomic E-state index is 13.3. The molecule has 8 heteroatoms. The Morgan fingerprint density at radius 2 is 2.04 bits per heavy atom. The third kappa shape index (κ3) is 5.32. The van der Waals surface area contributed by atoms with Crippen LogP contribution in [0, 0.1) is 11.6 Å². The van der Waals surface area contributed by atoms with Crippen LogP contribution in [0.2, 0.25) is 5.02 Å². The lowest BCUT2D eigenvalue weighted by molar-refractivity contribution is -0.117. The number of rotatable bonds is 6. The zero-order valence-electron chi connectivity index (χ0n) is 14.4. The Kier molecular flexibility index (Phi) is 6.15. The van der Waals surface area contributed by atoms with Crippen molar-refractivity contribution in [2.45, 2.75) is 6.54 Å². The van der Waals surface area contributed by atoms with E-state index >= 15 is 0 Å². The number of nitrogens with one attached hydrogen (secondary N) is 1. The molecule has 4 nitrogen and oxygen atoms in total. The number of hydrogen-bond donors (Lipinski definition) is 1. The molecule has 27 heavy (non-hydrogen) atoms. The molecular formula is C19H16ClF2N3OS. The summed E-state index contributed by atoms with van der Waals surface area (Å²) in [5.41, 5.74) is 1.93. The van der Waals surface area contributed by atoms with Crippen LogP contribution in [0.5, 0.6) is 0 Å². The van der Waals surface area contributed by atoms with Crippen molar-refractivity contribution in [1.29, 1.82) is 0 Å². The molecule has 3 aromatic rings. The van der Waals surface area contributed by atoms with Gasteiger partial charge in [-0.25, -0.2) is 13.8 Å². The molecule has 3 rings (SSSR count). The quantitative estimate of drug-likeness (QED) is 0.637. The molecule has 0 fully saturated rings. The standard InChI is InChI=1S/C19H16ClF2N3OS/c1-25(9-12-3-2-4-14(20)7-12)10-18(26)24-19-23-17(11-27-19)13-5-6-15(21)16(22)8-13/h2-8,11H,9-10H2,1H3,(H,23,24,26). The number of likely N-dealkylation sites (N-methyl/N-ethyl adjacent to an activating group) is 1. The van der Waals surface area contributed by atoms with E-state index in [-0.39, 0.29) is 12.5 Å². The number of anilines is 1. The first kappa shape index (κ1) is 19.4. The number of carbonyl (C=O) groups is 1. The van der Waals surface area contributed by atoms with Crippen LogP contribution in [0.1, 0.15) is 5.56 Å². The minimum atomic E-state index is -0.936. The summed E-state index contributed by atoms with van der Waals surface area (Å²) in [6.45, 7) is 0.749. The Labute approximate surface area is 164 Å². The molecule has 1 amide bonds. The average Bonchev–Trinajstić information content (AvgIpc) is 3.05. The van der Waals surface area contributed by atoms with Crippen LogP contribution >= 0.6 is 22.9 Å². The molecule has 0 bridgehead atoms. The highest BCUT2D eigenvalue weighted by Crippen LogP contribution is 2.26. The first-order valence-electron chi connectivity index (χ1n) is 8.04. The Morgan fingerprint density at radius 3 is 2.78 bits per heavy atom. The number of carbonyl (C=O) groups excluding carboxylic acids is 1. The van der Waals surface area contributed by atoms with E-state index in [0.717, 1.165) is 17.7 Å². The maximum Gasteiger partial charge on any atom is 0.240 e. The summed E-state index contributed by atoms with van der Waals surface area (Å²) in [6, 6.07) is 11.0. The van der Waals surface area contributed by atoms with Gasteiger partial charge in [0.15, 0.2) is 16.8 Å². The molecule has 2 aromatic carbocycles. The summed E-state index contributed by atoms with van der Waals surface area (Å²) >= 11 is 7.18. The summed E-state index contributed by atoms with van der Waals surface area (Å²) in [6.07, 6.45) is 0. The molecule has 1 aromatic heterocycles. The minimum absolute atomic E-state index is 0.173. The van der Waals surface area contributed by atoms with E-state index in [1.165, 1.54) is 17.4 Å². The van der Waals surface area contributed by atoms with Crippen molar-refractivity contribution in [3.8, 4) is 11.3 Å². The van der Waals surface area contributed by atoms with Crippen molar-refractivity contribution in [2.75, 3.05) is 18.9 Å². The number of nitrogens with zero attached hydrogens (tertiary/aromatic N) is 2. The Hall–Kier alpha value is -2.35. The first-order chi connectivity index (χ1) is 12.9. The third-order valence-corrected chi connectivity index (χ3v) is 4.71. The second-order valence-electron chi connectivity index (χ2n) is 6.02. The van der Waals surface area contributed by atoms with Crippen molar-refractivity contribution in [2.24, 2.45) is 0 Å². The highest BCUT2D eigenvalue weighted by molar-refractivity contribution is 7.14. The smallest absolute Gasteiger partial charge is 0.240 e. The zero-order chi connectivity index (χ0) is 19.4. The van der Waals surface area contributed by atoms with Gasteiger partial charge in [0.1, 0.15) is 0 Å². The summed E-state index contributed by atoms with van der Waals surface area (Å²) in [4.78, 5) is 18.3. The van der Waals surface area contributed by atoms with E-state index in [1.807, 2.05) is 30.1 Å². The molecule has 0 radical (unpaired) electrons. The largest absolute Gasteiger partial charge is 0.301 e. The molecular weight excluding hydrogens is 392 g/mol. The second-order valence-corrected chi connectivity index (χ2v) is 7.31. The molecule has 0 aliphatic heterocycles. The second kappa shape index (κ2) is 8.56. The van der Waals surface area contributed by atoms with Crippen LogP contribution in [0.3, 0.4) is 0 Å². The Balaban J connectivity index is 1.58. The molecule has 0 saturated heterocycles. The maximum atomic E-state index is 13.3. The number of amides is 1. The summed E-state index contributed by atoms with van der Waals surface area (Å²) in [7, 11) is 1.83. The van der Waals surface area contributed by atoms with Crippen LogP contribution in [-0.2, 0) is 11.3 Å². The van der Waals surface area contributed by atoms with Crippen LogP contribution in [0.25, 0.3) is 11.3 Å². The van der Waals surface area contributed by atoms with E-state index in [2.05, 4.69) is 10.3 Å². The number of benzene rings is 2. The molecule has 0 aliphatic carbocycles. The molecule has 0 atom stereocenters. The highest BCUT2D eigenvalue weighted by atomic mass is 35.5. The van der Waals surface area contributed by atoms with E-state index < -0.39 is 11.6 Å². The minimum Gasteiger partial charge on any atom is -0.301 e. The van der Waals surface area contributed by atoms with Crippen molar-refractivity contribution >= 4 is 34.0 Å². The predicted octanol–water partition coefficient (Wildman–Crippen LogP) is 4.81. The normalized spacial score (nSPS) is 11.0. The predicted molar refractivity (Wildman–Crippen MR) is 104 cm³/mol. The van der Waals surface area contributed by atoms with Gasteiger partial charge in [0.2, 0.25) is 5.91 Å². The van der Waals surface area contributed by atoms with E-state index in [9.17, 15) is 13.6 Å². The van der Waals surface area contributed by atoms with Gasteiger partial charge in [-0.2, -0.15) is 0 Å². The van der Waals surface area contributed by atoms with Crippen LogP contribution < -0.4 is 5.32 Å². The molecule has 0 spiro atoms. The van der Waals surface area contributed by atoms with E-state index in [1.54, 1.807) is 11.4 Å². The number of hydrogen-bond acceptors (Lipinski definition) is 4. The van der Waals surface area contributed by atoms with Gasteiger partial charge in [-0.15, -0.1) is 11.3 Å². The summed E-state index contributed by atoms with van der Waals surface area (Å²) in [5, 5.41) is 5.45. The van der Waals surface area contributed by atoms with E-state index in [4.69, 9.17) is 11.6 Å².